The molecule has 0 amide bonds. The molecule has 2 aromatic heterocycles. The van der Waals surface area contributed by atoms with Crippen molar-refractivity contribution in [3.63, 3.8) is 0 Å². The second-order valence-electron chi connectivity index (χ2n) is 3.79. The molecule has 0 atom stereocenters. The molecular formula is C11H6Cl2F3N3O. The molecule has 0 aromatic carbocycles. The number of nitrogens with zero attached hydrogens (tertiary/aromatic N) is 3. The molecule has 4 nitrogen and oxygen atoms in total. The molecule has 20 heavy (non-hydrogen) atoms. The third-order valence-corrected chi connectivity index (χ3v) is 2.87. The molecule has 0 aliphatic heterocycles. The van der Waals surface area contributed by atoms with Gasteiger partial charge >= 0.3 is 6.18 Å². The van der Waals surface area contributed by atoms with Gasteiger partial charge in [0, 0.05) is 6.20 Å². The molecule has 106 valence electrons. The van der Waals surface area contributed by atoms with Crippen LogP contribution in [0.5, 0.6) is 0 Å². The highest BCUT2D eigenvalue weighted by atomic mass is 35.5. The zero-order valence-corrected chi connectivity index (χ0v) is 11.2. The Morgan fingerprint density at radius 2 is 2.10 bits per heavy atom. The SMILES string of the molecule is O=C(Cl)c1cnn(CC(F)(F)F)c1-c1ncccc1Cl. The van der Waals surface area contributed by atoms with Crippen molar-refractivity contribution >= 4 is 28.4 Å². The Morgan fingerprint density at radius 1 is 1.40 bits per heavy atom. The van der Waals surface area contributed by atoms with E-state index in [4.69, 9.17) is 23.2 Å². The second-order valence-corrected chi connectivity index (χ2v) is 4.54. The number of carbonyl (C=O) groups excluding carboxylic acids is 1. The van der Waals surface area contributed by atoms with Crippen LogP contribution in [0.15, 0.2) is 24.5 Å². The maximum Gasteiger partial charge on any atom is 0.408 e. The van der Waals surface area contributed by atoms with Crippen molar-refractivity contribution in [3.05, 3.63) is 35.1 Å². The minimum atomic E-state index is -4.51. The van der Waals surface area contributed by atoms with Crippen molar-refractivity contribution in [2.75, 3.05) is 0 Å². The van der Waals surface area contributed by atoms with E-state index in [1.54, 1.807) is 0 Å². The van der Waals surface area contributed by atoms with Gasteiger partial charge in [-0.1, -0.05) is 11.6 Å². The normalized spacial score (nSPS) is 11.7. The van der Waals surface area contributed by atoms with Gasteiger partial charge in [0.05, 0.1) is 16.8 Å². The van der Waals surface area contributed by atoms with Crippen LogP contribution >= 0.6 is 23.2 Å². The summed E-state index contributed by atoms with van der Waals surface area (Å²) in [6, 6.07) is 2.95. The second kappa shape index (κ2) is 5.41. The molecule has 0 N–H and O–H groups in total. The Kier molecular flexibility index (Phi) is 4.01. The van der Waals surface area contributed by atoms with E-state index in [9.17, 15) is 18.0 Å². The fourth-order valence-electron chi connectivity index (χ4n) is 1.63. The molecule has 2 rings (SSSR count). The zero-order chi connectivity index (χ0) is 14.9. The summed E-state index contributed by atoms with van der Waals surface area (Å²) in [5.41, 5.74) is -0.329. The molecule has 9 heteroatoms. The van der Waals surface area contributed by atoms with E-state index in [0.717, 1.165) is 6.20 Å². The van der Waals surface area contributed by atoms with Crippen molar-refractivity contribution in [1.82, 2.24) is 14.8 Å². The quantitative estimate of drug-likeness (QED) is 0.812. The summed E-state index contributed by atoms with van der Waals surface area (Å²) in [6.07, 6.45) is -2.20. The van der Waals surface area contributed by atoms with Crippen LogP contribution in [0.3, 0.4) is 0 Å². The Bertz CT molecular complexity index is 655. The Labute approximate surface area is 121 Å². The van der Waals surface area contributed by atoms with Crippen LogP contribution in [-0.2, 0) is 6.54 Å². The summed E-state index contributed by atoms with van der Waals surface area (Å²) in [5.74, 6) is 0. The molecular weight excluding hydrogens is 318 g/mol. The molecule has 0 aliphatic rings. The first kappa shape index (κ1) is 14.8. The van der Waals surface area contributed by atoms with Gasteiger partial charge in [0.25, 0.3) is 5.24 Å². The van der Waals surface area contributed by atoms with Crippen LogP contribution in [0.4, 0.5) is 13.2 Å². The van der Waals surface area contributed by atoms with Crippen molar-refractivity contribution in [3.8, 4) is 11.4 Å². The molecule has 0 fully saturated rings. The van der Waals surface area contributed by atoms with Gasteiger partial charge in [0.2, 0.25) is 0 Å². The molecule has 0 bridgehead atoms. The van der Waals surface area contributed by atoms with Gasteiger partial charge in [-0.25, -0.2) is 0 Å². The number of halogens is 5. The predicted molar refractivity (Wildman–Crippen MR) is 66.7 cm³/mol. The maximum atomic E-state index is 12.5. The van der Waals surface area contributed by atoms with Crippen molar-refractivity contribution < 1.29 is 18.0 Å². The van der Waals surface area contributed by atoms with E-state index >= 15 is 0 Å². The molecule has 0 aliphatic carbocycles. The Hall–Kier alpha value is -1.60. The topological polar surface area (TPSA) is 47.8 Å². The van der Waals surface area contributed by atoms with Crippen LogP contribution in [-0.4, -0.2) is 26.2 Å². The van der Waals surface area contributed by atoms with E-state index in [0.29, 0.717) is 4.68 Å². The lowest BCUT2D eigenvalue weighted by molar-refractivity contribution is -0.142. The fraction of sp³-hybridized carbons (Fsp3) is 0.182. The molecule has 0 saturated carbocycles. The first-order valence-electron chi connectivity index (χ1n) is 5.23. The highest BCUT2D eigenvalue weighted by Gasteiger charge is 2.32. The van der Waals surface area contributed by atoms with E-state index in [1.165, 1.54) is 18.3 Å². The zero-order valence-electron chi connectivity index (χ0n) is 9.66. The van der Waals surface area contributed by atoms with Gasteiger partial charge in [-0.15, -0.1) is 0 Å². The standard InChI is InChI=1S/C11H6Cl2F3N3O/c12-7-2-1-3-17-8(7)9-6(10(13)20)4-18-19(9)5-11(14,15)16/h1-4H,5H2. The first-order chi connectivity index (χ1) is 9.29. The molecule has 0 spiro atoms. The number of carbonyl (C=O) groups is 1. The summed E-state index contributed by atoms with van der Waals surface area (Å²) in [6.45, 7) is -1.38. The van der Waals surface area contributed by atoms with Crippen LogP contribution in [0, 0.1) is 0 Å². The van der Waals surface area contributed by atoms with Crippen LogP contribution in [0.2, 0.25) is 5.02 Å². The summed E-state index contributed by atoms with van der Waals surface area (Å²) in [7, 11) is 0. The van der Waals surface area contributed by atoms with Crippen LogP contribution < -0.4 is 0 Å². The molecule has 2 heterocycles. The van der Waals surface area contributed by atoms with Gasteiger partial charge in [0.1, 0.15) is 17.9 Å². The lowest BCUT2D eigenvalue weighted by Gasteiger charge is -2.11. The molecule has 0 radical (unpaired) electrons. The van der Waals surface area contributed by atoms with E-state index < -0.39 is 18.0 Å². The number of hydrogen-bond acceptors (Lipinski definition) is 3. The Balaban J connectivity index is 2.62. The molecule has 2 aromatic rings. The lowest BCUT2D eigenvalue weighted by Crippen LogP contribution is -2.19. The minimum absolute atomic E-state index is 0.0138. The summed E-state index contributed by atoms with van der Waals surface area (Å²) in [5, 5.41) is 2.69. The smallest absolute Gasteiger partial charge is 0.275 e. The van der Waals surface area contributed by atoms with Crippen molar-refractivity contribution in [1.29, 1.82) is 0 Å². The van der Waals surface area contributed by atoms with E-state index in [2.05, 4.69) is 10.1 Å². The van der Waals surface area contributed by atoms with Gasteiger partial charge < -0.3 is 0 Å². The lowest BCUT2D eigenvalue weighted by atomic mass is 10.2. The van der Waals surface area contributed by atoms with Gasteiger partial charge in [-0.2, -0.15) is 18.3 Å². The monoisotopic (exact) mass is 323 g/mol. The number of hydrogen-bond donors (Lipinski definition) is 0. The average Bonchev–Trinajstić information content (AvgIpc) is 2.71. The minimum Gasteiger partial charge on any atom is -0.275 e. The summed E-state index contributed by atoms with van der Waals surface area (Å²) < 4.78 is 38.1. The van der Waals surface area contributed by atoms with E-state index in [1.807, 2.05) is 0 Å². The van der Waals surface area contributed by atoms with Crippen molar-refractivity contribution in [2.24, 2.45) is 0 Å². The van der Waals surface area contributed by atoms with Crippen LogP contribution in [0.1, 0.15) is 10.4 Å². The maximum absolute atomic E-state index is 12.5. The number of rotatable bonds is 3. The predicted octanol–water partition coefficient (Wildman–Crippen LogP) is 3.54. The number of pyridine rings is 1. The number of alkyl halides is 3. The third kappa shape index (κ3) is 3.10. The fourth-order valence-corrected chi connectivity index (χ4v) is 1.98. The third-order valence-electron chi connectivity index (χ3n) is 2.36. The largest absolute Gasteiger partial charge is 0.408 e. The summed E-state index contributed by atoms with van der Waals surface area (Å²) in [4.78, 5) is 15.2. The van der Waals surface area contributed by atoms with Gasteiger partial charge in [-0.3, -0.25) is 14.5 Å². The van der Waals surface area contributed by atoms with Crippen molar-refractivity contribution in [2.45, 2.75) is 12.7 Å². The average molecular weight is 324 g/mol. The highest BCUT2D eigenvalue weighted by Crippen LogP contribution is 2.31. The van der Waals surface area contributed by atoms with Gasteiger partial charge in [0.15, 0.2) is 0 Å². The number of aromatic nitrogens is 3. The van der Waals surface area contributed by atoms with Gasteiger partial charge in [-0.05, 0) is 23.7 Å². The summed E-state index contributed by atoms with van der Waals surface area (Å²) >= 11 is 11.2. The molecule has 0 unspecified atom stereocenters. The Morgan fingerprint density at radius 3 is 2.65 bits per heavy atom. The van der Waals surface area contributed by atoms with Crippen LogP contribution in [0.25, 0.3) is 11.4 Å². The highest BCUT2D eigenvalue weighted by molar-refractivity contribution is 6.68. The molecule has 0 saturated heterocycles. The first-order valence-corrected chi connectivity index (χ1v) is 5.98. The van der Waals surface area contributed by atoms with E-state index in [-0.39, 0.29) is 22.0 Å².